The van der Waals surface area contributed by atoms with Crippen molar-refractivity contribution in [1.29, 1.82) is 0 Å². The zero-order valence-corrected chi connectivity index (χ0v) is 33.9. The Morgan fingerprint density at radius 2 is 1.71 bits per heavy atom. The molecule has 3 aliphatic heterocycles. The minimum atomic E-state index is -1.10. The van der Waals surface area contributed by atoms with E-state index in [1.54, 1.807) is 47.1 Å². The van der Waals surface area contributed by atoms with Crippen molar-refractivity contribution < 1.29 is 32.3 Å². The molecule has 13 nitrogen and oxygen atoms in total. The molecule has 2 aromatic carbocycles. The highest BCUT2D eigenvalue weighted by Crippen LogP contribution is 2.31. The molecule has 3 unspecified atom stereocenters. The van der Waals surface area contributed by atoms with Crippen LogP contribution in [0.25, 0.3) is 11.3 Å². The van der Waals surface area contributed by atoms with Crippen LogP contribution in [0.5, 0.6) is 0 Å². The number of anilines is 4. The standard InChI is InChI=1S/C28H39F2N5O3.C15H17FN4O/c29-21-16-20(31-23-7-9-26(36)33-28(23)38)6-8-24(21)35-15-12-25(22(30)17-35)34-13-10-19(11-14-34)32-27(37)18-4-2-1-3-5-18;1-3-13(21)20(4-2)11-7-5-6-10(8-11)14-12(16)9-18-15(17)19-14/h6,8,16,18-19,22-23,25,31H,1-5,7,9-15,17H2,(H,32,37)(H,33,36,38);5-9H,3-4H2,1-2H3,(H2,17,18,19). The van der Waals surface area contributed by atoms with Crippen molar-refractivity contribution >= 4 is 46.6 Å². The minimum Gasteiger partial charge on any atom is -0.374 e. The molecule has 3 saturated heterocycles. The molecule has 0 radical (unpaired) electrons. The lowest BCUT2D eigenvalue weighted by Gasteiger charge is -2.44. The molecule has 4 fully saturated rings. The van der Waals surface area contributed by atoms with Gasteiger partial charge in [-0.15, -0.1) is 0 Å². The van der Waals surface area contributed by atoms with Gasteiger partial charge in [0, 0.05) is 74.0 Å². The quantitative estimate of drug-likeness (QED) is 0.185. The molecule has 16 heteroatoms. The second kappa shape index (κ2) is 20.1. The summed E-state index contributed by atoms with van der Waals surface area (Å²) in [6.07, 6.45) is 8.72. The van der Waals surface area contributed by atoms with E-state index in [2.05, 4.69) is 30.8 Å². The number of hydrogen-bond acceptors (Lipinski definition) is 10. The monoisotopic (exact) mass is 819 g/mol. The van der Waals surface area contributed by atoms with Gasteiger partial charge in [-0.1, -0.05) is 38.3 Å². The highest BCUT2D eigenvalue weighted by atomic mass is 19.1. The van der Waals surface area contributed by atoms with E-state index in [1.165, 1.54) is 12.5 Å². The van der Waals surface area contributed by atoms with Crippen molar-refractivity contribution in [2.45, 2.75) is 109 Å². The molecule has 5 N–H and O–H groups in total. The van der Waals surface area contributed by atoms with Crippen LogP contribution in [0.2, 0.25) is 0 Å². The third kappa shape index (κ3) is 11.1. The van der Waals surface area contributed by atoms with Gasteiger partial charge in [0.2, 0.25) is 29.6 Å². The number of nitrogens with one attached hydrogen (secondary N) is 3. The van der Waals surface area contributed by atoms with Crippen LogP contribution in [0, 0.1) is 17.6 Å². The van der Waals surface area contributed by atoms with E-state index >= 15 is 8.78 Å². The summed E-state index contributed by atoms with van der Waals surface area (Å²) < 4.78 is 44.2. The highest BCUT2D eigenvalue weighted by Gasteiger charge is 2.37. The Kier molecular flexibility index (Phi) is 14.8. The summed E-state index contributed by atoms with van der Waals surface area (Å²) in [5, 5.41) is 8.51. The van der Waals surface area contributed by atoms with E-state index in [9.17, 15) is 23.6 Å². The molecule has 1 saturated carbocycles. The predicted octanol–water partition coefficient (Wildman–Crippen LogP) is 5.75. The van der Waals surface area contributed by atoms with Crippen LogP contribution < -0.4 is 31.5 Å². The van der Waals surface area contributed by atoms with Gasteiger partial charge in [0.15, 0.2) is 5.82 Å². The summed E-state index contributed by atoms with van der Waals surface area (Å²) in [7, 11) is 0. The molecule has 1 aromatic heterocycles. The first-order chi connectivity index (χ1) is 28.4. The number of amides is 4. The summed E-state index contributed by atoms with van der Waals surface area (Å²) >= 11 is 0. The van der Waals surface area contributed by atoms with Crippen LogP contribution in [0.1, 0.15) is 84.5 Å². The Labute approximate surface area is 343 Å². The molecule has 59 heavy (non-hydrogen) atoms. The van der Waals surface area contributed by atoms with Gasteiger partial charge < -0.3 is 26.2 Å². The molecule has 4 heterocycles. The molecule has 0 bridgehead atoms. The summed E-state index contributed by atoms with van der Waals surface area (Å²) in [5.74, 6) is -1.36. The second-order valence-corrected chi connectivity index (χ2v) is 15.8. The Balaban J connectivity index is 0.000000236. The zero-order valence-electron chi connectivity index (χ0n) is 33.9. The number of benzene rings is 2. The molecular formula is C43H56F3N9O4. The maximum atomic E-state index is 15.4. The number of aromatic nitrogens is 2. The van der Waals surface area contributed by atoms with Crippen molar-refractivity contribution in [2.24, 2.45) is 5.92 Å². The number of nitrogen functional groups attached to an aromatic ring is 1. The van der Waals surface area contributed by atoms with Crippen molar-refractivity contribution in [3.8, 4) is 11.3 Å². The van der Waals surface area contributed by atoms with Crippen molar-refractivity contribution in [1.82, 2.24) is 25.5 Å². The van der Waals surface area contributed by atoms with Gasteiger partial charge in [0.25, 0.3) is 0 Å². The van der Waals surface area contributed by atoms with Crippen LogP contribution in [-0.2, 0) is 19.2 Å². The predicted molar refractivity (Wildman–Crippen MR) is 221 cm³/mol. The fourth-order valence-electron chi connectivity index (χ4n) is 8.57. The summed E-state index contributed by atoms with van der Waals surface area (Å²) in [4.78, 5) is 60.9. The first-order valence-corrected chi connectivity index (χ1v) is 21.0. The largest absolute Gasteiger partial charge is 0.374 e. The smallest absolute Gasteiger partial charge is 0.249 e. The lowest BCUT2D eigenvalue weighted by molar-refractivity contribution is -0.133. The van der Waals surface area contributed by atoms with E-state index < -0.39 is 29.8 Å². The van der Waals surface area contributed by atoms with Crippen molar-refractivity contribution in [3.05, 3.63) is 60.3 Å². The fourth-order valence-corrected chi connectivity index (χ4v) is 8.57. The Morgan fingerprint density at radius 3 is 2.39 bits per heavy atom. The van der Waals surface area contributed by atoms with Crippen LogP contribution in [0.15, 0.2) is 48.7 Å². The summed E-state index contributed by atoms with van der Waals surface area (Å²) in [6.45, 7) is 6.44. The van der Waals surface area contributed by atoms with Gasteiger partial charge in [0.1, 0.15) is 23.7 Å². The topological polar surface area (TPSA) is 166 Å². The maximum absolute atomic E-state index is 15.4. The van der Waals surface area contributed by atoms with Gasteiger partial charge in [-0.2, -0.15) is 0 Å². The lowest BCUT2D eigenvalue weighted by Crippen LogP contribution is -2.56. The molecular weight excluding hydrogens is 764 g/mol. The number of piperidine rings is 3. The van der Waals surface area contributed by atoms with Crippen LogP contribution >= 0.6 is 0 Å². The van der Waals surface area contributed by atoms with E-state index in [-0.39, 0.29) is 60.3 Å². The van der Waals surface area contributed by atoms with Gasteiger partial charge in [0.05, 0.1) is 18.4 Å². The molecule has 1 aliphatic carbocycles. The Morgan fingerprint density at radius 1 is 0.949 bits per heavy atom. The number of rotatable bonds is 10. The normalized spacial score (nSPS) is 21.8. The van der Waals surface area contributed by atoms with E-state index in [4.69, 9.17) is 5.73 Å². The molecule has 7 rings (SSSR count). The van der Waals surface area contributed by atoms with Crippen LogP contribution in [0.3, 0.4) is 0 Å². The fraction of sp³-hybridized carbons (Fsp3) is 0.535. The number of imide groups is 1. The van der Waals surface area contributed by atoms with E-state index in [0.29, 0.717) is 55.0 Å². The first kappa shape index (κ1) is 43.3. The zero-order chi connectivity index (χ0) is 42.1. The SMILES string of the molecule is CCC(=O)N(CC)c1cccc(-c2nc(N)ncc2F)c1.O=C1CCC(Nc2ccc(N3CCC(N4CCC(NC(=O)C5CCCCC5)CC4)C(F)C3)c(F)c2)C(=O)N1. The number of halogens is 3. The average molecular weight is 820 g/mol. The van der Waals surface area contributed by atoms with Crippen molar-refractivity contribution in [3.63, 3.8) is 0 Å². The minimum absolute atomic E-state index is 0.00813. The maximum Gasteiger partial charge on any atom is 0.249 e. The number of nitrogens with two attached hydrogens (primary N) is 1. The third-order valence-corrected chi connectivity index (χ3v) is 11.8. The molecule has 4 amide bonds. The van der Waals surface area contributed by atoms with Crippen LogP contribution in [0.4, 0.5) is 36.2 Å². The number of carbonyl (C=O) groups excluding carboxylic acids is 4. The number of nitrogens with zero attached hydrogens (tertiary/aromatic N) is 5. The van der Waals surface area contributed by atoms with E-state index in [1.807, 2.05) is 13.0 Å². The molecule has 3 aromatic rings. The highest BCUT2D eigenvalue weighted by molar-refractivity contribution is 6.01. The number of hydrogen-bond donors (Lipinski definition) is 4. The lowest BCUT2D eigenvalue weighted by atomic mass is 9.88. The third-order valence-electron chi connectivity index (χ3n) is 11.8. The van der Waals surface area contributed by atoms with Gasteiger partial charge >= 0.3 is 0 Å². The van der Waals surface area contributed by atoms with Crippen molar-refractivity contribution in [2.75, 3.05) is 53.6 Å². The molecule has 0 spiro atoms. The average Bonchev–Trinajstić information content (AvgIpc) is 3.24. The van der Waals surface area contributed by atoms with Gasteiger partial charge in [-0.3, -0.25) is 29.4 Å². The van der Waals surface area contributed by atoms with Gasteiger partial charge in [-0.25, -0.2) is 23.1 Å². The number of likely N-dealkylation sites (tertiary alicyclic amines) is 1. The van der Waals surface area contributed by atoms with Crippen LogP contribution in [-0.4, -0.2) is 95.5 Å². The second-order valence-electron chi connectivity index (χ2n) is 15.8. The molecule has 4 aliphatic rings. The Hall–Kier alpha value is -5.25. The van der Waals surface area contributed by atoms with Gasteiger partial charge in [-0.05, 0) is 75.8 Å². The Bertz CT molecular complexity index is 1960. The summed E-state index contributed by atoms with van der Waals surface area (Å²) in [5.41, 5.74) is 7.70. The molecule has 3 atom stereocenters. The number of alkyl halides is 1. The molecule has 318 valence electrons. The summed E-state index contributed by atoms with van der Waals surface area (Å²) in [6, 6.07) is 11.0. The number of carbonyl (C=O) groups is 4. The van der Waals surface area contributed by atoms with E-state index in [0.717, 1.165) is 57.8 Å². The first-order valence-electron chi connectivity index (χ1n) is 21.0.